The molecule has 1 heterocycles. The Bertz CT molecular complexity index is 994. The van der Waals surface area contributed by atoms with Crippen molar-refractivity contribution in [2.45, 2.75) is 32.2 Å². The molecule has 0 aliphatic carbocycles. The summed E-state index contributed by atoms with van der Waals surface area (Å²) in [7, 11) is 0. The molecule has 0 bridgehead atoms. The van der Waals surface area contributed by atoms with E-state index in [1.807, 2.05) is 17.0 Å². The zero-order valence-electron chi connectivity index (χ0n) is 18.7. The van der Waals surface area contributed by atoms with Crippen molar-refractivity contribution in [3.8, 4) is 0 Å². The molecule has 1 atom stereocenters. The van der Waals surface area contributed by atoms with Gasteiger partial charge in [-0.1, -0.05) is 83.9 Å². The van der Waals surface area contributed by atoms with Crippen LogP contribution in [0.25, 0.3) is 0 Å². The van der Waals surface area contributed by atoms with Crippen LogP contribution < -0.4 is 0 Å². The molecule has 1 aliphatic rings. The predicted molar refractivity (Wildman–Crippen MR) is 132 cm³/mol. The minimum atomic E-state index is 0.173. The third-order valence-electron chi connectivity index (χ3n) is 6.31. The molecule has 1 saturated heterocycles. The SMILES string of the molecule is Cc1ccc(CCCC(=O)N2CCN(C(c3ccccc3)c3ccc(Cl)cc3)CC2)cc1. The first-order valence-electron chi connectivity index (χ1n) is 11.5. The largest absolute Gasteiger partial charge is 0.340 e. The smallest absolute Gasteiger partial charge is 0.222 e. The molecule has 3 aromatic rings. The van der Waals surface area contributed by atoms with Gasteiger partial charge in [-0.05, 0) is 48.6 Å². The molecule has 0 spiro atoms. The molecule has 166 valence electrons. The fourth-order valence-electron chi connectivity index (χ4n) is 4.48. The molecule has 1 amide bonds. The second-order valence-electron chi connectivity index (χ2n) is 8.62. The summed E-state index contributed by atoms with van der Waals surface area (Å²) in [6.45, 7) is 5.39. The second kappa shape index (κ2) is 10.8. The van der Waals surface area contributed by atoms with Gasteiger partial charge >= 0.3 is 0 Å². The number of nitrogens with zero attached hydrogens (tertiary/aromatic N) is 2. The van der Waals surface area contributed by atoms with Crippen molar-refractivity contribution in [1.82, 2.24) is 9.80 Å². The van der Waals surface area contributed by atoms with Gasteiger partial charge in [0, 0.05) is 37.6 Å². The Morgan fingerprint density at radius 2 is 1.47 bits per heavy atom. The first kappa shape index (κ1) is 22.6. The lowest BCUT2D eigenvalue weighted by Crippen LogP contribution is -2.49. The second-order valence-corrected chi connectivity index (χ2v) is 9.06. The highest BCUT2D eigenvalue weighted by molar-refractivity contribution is 6.30. The van der Waals surface area contributed by atoms with Gasteiger partial charge in [-0.3, -0.25) is 9.69 Å². The maximum Gasteiger partial charge on any atom is 0.222 e. The highest BCUT2D eigenvalue weighted by Crippen LogP contribution is 2.30. The van der Waals surface area contributed by atoms with Crippen molar-refractivity contribution in [2.75, 3.05) is 26.2 Å². The number of rotatable bonds is 7. The van der Waals surface area contributed by atoms with Crippen LogP contribution in [0, 0.1) is 6.92 Å². The molecule has 32 heavy (non-hydrogen) atoms. The molecular weight excluding hydrogens is 416 g/mol. The highest BCUT2D eigenvalue weighted by atomic mass is 35.5. The van der Waals surface area contributed by atoms with Gasteiger partial charge in [0.2, 0.25) is 5.91 Å². The average molecular weight is 447 g/mol. The molecule has 0 N–H and O–H groups in total. The summed E-state index contributed by atoms with van der Waals surface area (Å²) < 4.78 is 0. The van der Waals surface area contributed by atoms with E-state index in [9.17, 15) is 4.79 Å². The van der Waals surface area contributed by atoms with Crippen LogP contribution in [0.4, 0.5) is 0 Å². The molecule has 1 unspecified atom stereocenters. The van der Waals surface area contributed by atoms with Crippen molar-refractivity contribution < 1.29 is 4.79 Å². The van der Waals surface area contributed by atoms with E-state index in [0.717, 1.165) is 44.0 Å². The Morgan fingerprint density at radius 1 is 0.844 bits per heavy atom. The number of hydrogen-bond donors (Lipinski definition) is 0. The van der Waals surface area contributed by atoms with E-state index in [1.165, 1.54) is 22.3 Å². The van der Waals surface area contributed by atoms with Gasteiger partial charge < -0.3 is 4.90 Å². The van der Waals surface area contributed by atoms with Crippen molar-refractivity contribution >= 4 is 17.5 Å². The molecule has 1 fully saturated rings. The Morgan fingerprint density at radius 3 is 2.12 bits per heavy atom. The van der Waals surface area contributed by atoms with Gasteiger partial charge in [-0.15, -0.1) is 0 Å². The number of carbonyl (C=O) groups excluding carboxylic acids is 1. The molecule has 0 aromatic heterocycles. The van der Waals surface area contributed by atoms with Gasteiger partial charge in [0.1, 0.15) is 0 Å². The topological polar surface area (TPSA) is 23.6 Å². The lowest BCUT2D eigenvalue weighted by atomic mass is 9.96. The molecule has 3 nitrogen and oxygen atoms in total. The van der Waals surface area contributed by atoms with E-state index in [4.69, 9.17) is 11.6 Å². The summed E-state index contributed by atoms with van der Waals surface area (Å²) in [6, 6.07) is 27.5. The molecular formula is C28H31ClN2O. The molecule has 0 radical (unpaired) electrons. The highest BCUT2D eigenvalue weighted by Gasteiger charge is 2.28. The fourth-order valence-corrected chi connectivity index (χ4v) is 4.61. The van der Waals surface area contributed by atoms with Crippen LogP contribution in [-0.4, -0.2) is 41.9 Å². The zero-order valence-corrected chi connectivity index (χ0v) is 19.5. The first-order valence-corrected chi connectivity index (χ1v) is 11.9. The quantitative estimate of drug-likeness (QED) is 0.450. The van der Waals surface area contributed by atoms with E-state index in [1.54, 1.807) is 0 Å². The van der Waals surface area contributed by atoms with Crippen LogP contribution in [-0.2, 0) is 11.2 Å². The lowest BCUT2D eigenvalue weighted by molar-refractivity contribution is -0.133. The van der Waals surface area contributed by atoms with E-state index in [0.29, 0.717) is 6.42 Å². The van der Waals surface area contributed by atoms with Crippen molar-refractivity contribution in [1.29, 1.82) is 0 Å². The van der Waals surface area contributed by atoms with E-state index < -0.39 is 0 Å². The summed E-state index contributed by atoms with van der Waals surface area (Å²) >= 11 is 6.13. The number of amides is 1. The third-order valence-corrected chi connectivity index (χ3v) is 6.56. The van der Waals surface area contributed by atoms with Crippen molar-refractivity contribution in [2.24, 2.45) is 0 Å². The standard InChI is InChI=1S/C28H31ClN2O/c1-22-10-12-23(13-11-22)6-5-9-27(32)30-18-20-31(21-19-30)28(24-7-3-2-4-8-24)25-14-16-26(29)17-15-25/h2-4,7-8,10-17,28H,5-6,9,18-21H2,1H3. The monoisotopic (exact) mass is 446 g/mol. The lowest BCUT2D eigenvalue weighted by Gasteiger charge is -2.40. The van der Waals surface area contributed by atoms with Gasteiger partial charge in [0.05, 0.1) is 6.04 Å². The molecule has 4 heteroatoms. The normalized spacial score (nSPS) is 15.5. The summed E-state index contributed by atoms with van der Waals surface area (Å²) in [6.07, 6.45) is 2.48. The van der Waals surface area contributed by atoms with Crippen LogP contribution in [0.2, 0.25) is 5.02 Å². The Labute approximate surface area is 196 Å². The summed E-state index contributed by atoms with van der Waals surface area (Å²) in [5.74, 6) is 0.277. The molecule has 0 saturated carbocycles. The van der Waals surface area contributed by atoms with Gasteiger partial charge in [0.25, 0.3) is 0 Å². The van der Waals surface area contributed by atoms with E-state index in [2.05, 4.69) is 78.6 Å². The number of hydrogen-bond acceptors (Lipinski definition) is 2. The zero-order chi connectivity index (χ0) is 22.3. The number of halogens is 1. The van der Waals surface area contributed by atoms with Gasteiger partial charge in [0.15, 0.2) is 0 Å². The average Bonchev–Trinajstić information content (AvgIpc) is 2.83. The van der Waals surface area contributed by atoms with E-state index >= 15 is 0 Å². The summed E-state index contributed by atoms with van der Waals surface area (Å²) in [4.78, 5) is 17.3. The van der Waals surface area contributed by atoms with Crippen LogP contribution in [0.3, 0.4) is 0 Å². The maximum atomic E-state index is 12.8. The number of carbonyl (C=O) groups is 1. The van der Waals surface area contributed by atoms with Crippen LogP contribution in [0.15, 0.2) is 78.9 Å². The van der Waals surface area contributed by atoms with Crippen LogP contribution in [0.1, 0.15) is 41.1 Å². The summed E-state index contributed by atoms with van der Waals surface area (Å²) in [5, 5.41) is 0.751. The number of benzene rings is 3. The van der Waals surface area contributed by atoms with Crippen LogP contribution in [0.5, 0.6) is 0 Å². The van der Waals surface area contributed by atoms with Gasteiger partial charge in [-0.25, -0.2) is 0 Å². The Balaban J connectivity index is 1.34. The predicted octanol–water partition coefficient (Wildman–Crippen LogP) is 5.90. The van der Waals surface area contributed by atoms with Crippen molar-refractivity contribution in [3.05, 3.63) is 106 Å². The molecule has 4 rings (SSSR count). The minimum Gasteiger partial charge on any atom is -0.340 e. The molecule has 1 aliphatic heterocycles. The van der Waals surface area contributed by atoms with Crippen molar-refractivity contribution in [3.63, 3.8) is 0 Å². The number of piperazine rings is 1. The van der Waals surface area contributed by atoms with Gasteiger partial charge in [-0.2, -0.15) is 0 Å². The maximum absolute atomic E-state index is 12.8. The summed E-state index contributed by atoms with van der Waals surface area (Å²) in [5.41, 5.74) is 5.09. The fraction of sp³-hybridized carbons (Fsp3) is 0.321. The minimum absolute atomic E-state index is 0.173. The first-order chi connectivity index (χ1) is 15.6. The molecule has 3 aromatic carbocycles. The Hall–Kier alpha value is -2.62. The van der Waals surface area contributed by atoms with Crippen LogP contribution >= 0.6 is 11.6 Å². The third kappa shape index (κ3) is 5.79. The Kier molecular flexibility index (Phi) is 7.62. The van der Waals surface area contributed by atoms with E-state index in [-0.39, 0.29) is 11.9 Å². The number of aryl methyl sites for hydroxylation is 2.